The maximum atomic E-state index is 9.56. The van der Waals surface area contributed by atoms with Crippen molar-refractivity contribution in [2.24, 2.45) is 0 Å². The zero-order chi connectivity index (χ0) is 11.7. The molecule has 1 N–H and O–H groups in total. The second-order valence-electron chi connectivity index (χ2n) is 3.65. The van der Waals surface area contributed by atoms with Crippen LogP contribution in [0.2, 0.25) is 5.02 Å². The maximum absolute atomic E-state index is 9.56. The second kappa shape index (κ2) is 4.53. The summed E-state index contributed by atoms with van der Waals surface area (Å²) >= 11 is 7.35. The lowest BCUT2D eigenvalue weighted by Gasteiger charge is -1.98. The highest BCUT2D eigenvalue weighted by atomic mass is 35.5. The Morgan fingerprint density at radius 3 is 2.44 bits per heavy atom. The van der Waals surface area contributed by atoms with Crippen LogP contribution in [-0.2, 0) is 0 Å². The molecule has 2 aromatic rings. The zero-order valence-electron chi connectivity index (χ0n) is 9.07. The van der Waals surface area contributed by atoms with Crippen LogP contribution in [0.1, 0.15) is 23.6 Å². The molecule has 0 aliphatic rings. The molecule has 84 valence electrons. The first kappa shape index (κ1) is 11.6. The summed E-state index contributed by atoms with van der Waals surface area (Å²) in [6, 6.07) is 7.56. The van der Waals surface area contributed by atoms with Crippen LogP contribution in [0.25, 0.3) is 10.6 Å². The average Bonchev–Trinajstić information content (AvgIpc) is 2.61. The van der Waals surface area contributed by atoms with Crippen molar-refractivity contribution < 1.29 is 5.11 Å². The maximum Gasteiger partial charge on any atom is 0.123 e. The Morgan fingerprint density at radius 1 is 1.31 bits per heavy atom. The Hall–Kier alpha value is -0.900. The van der Waals surface area contributed by atoms with E-state index in [0.29, 0.717) is 5.02 Å². The average molecular weight is 254 g/mol. The number of rotatable bonds is 2. The van der Waals surface area contributed by atoms with Gasteiger partial charge >= 0.3 is 0 Å². The fourth-order valence-corrected chi connectivity index (χ4v) is 2.65. The molecule has 0 bridgehead atoms. The van der Waals surface area contributed by atoms with Crippen LogP contribution >= 0.6 is 22.9 Å². The van der Waals surface area contributed by atoms with Gasteiger partial charge in [0, 0.05) is 10.6 Å². The van der Waals surface area contributed by atoms with E-state index in [9.17, 15) is 5.11 Å². The van der Waals surface area contributed by atoms with E-state index in [2.05, 4.69) is 4.98 Å². The largest absolute Gasteiger partial charge is 0.388 e. The molecular formula is C12H12ClNOS. The topological polar surface area (TPSA) is 33.1 Å². The van der Waals surface area contributed by atoms with Gasteiger partial charge in [0.2, 0.25) is 0 Å². The van der Waals surface area contributed by atoms with Crippen molar-refractivity contribution in [3.8, 4) is 10.6 Å². The summed E-state index contributed by atoms with van der Waals surface area (Å²) in [5.41, 5.74) is 1.93. The van der Waals surface area contributed by atoms with E-state index in [4.69, 9.17) is 11.6 Å². The third kappa shape index (κ3) is 2.26. The molecule has 0 amide bonds. The zero-order valence-corrected chi connectivity index (χ0v) is 10.6. The second-order valence-corrected chi connectivity index (χ2v) is 5.12. The van der Waals surface area contributed by atoms with Gasteiger partial charge in [-0.15, -0.1) is 11.3 Å². The van der Waals surface area contributed by atoms with Crippen LogP contribution in [0.3, 0.4) is 0 Å². The smallest absolute Gasteiger partial charge is 0.123 e. The van der Waals surface area contributed by atoms with Gasteiger partial charge in [0.25, 0.3) is 0 Å². The number of hydrogen-bond acceptors (Lipinski definition) is 3. The van der Waals surface area contributed by atoms with E-state index in [-0.39, 0.29) is 0 Å². The number of thiazole rings is 1. The summed E-state index contributed by atoms with van der Waals surface area (Å²) in [5.74, 6) is 0. The van der Waals surface area contributed by atoms with Crippen molar-refractivity contribution in [3.63, 3.8) is 0 Å². The summed E-state index contributed by atoms with van der Waals surface area (Å²) in [4.78, 5) is 5.37. The molecule has 0 spiro atoms. The standard InChI is InChI=1S/C12H12ClNOS/c1-7-11(8(2)15)16-12(14-7)9-3-5-10(13)6-4-9/h3-6,8,15H,1-2H3. The number of hydrogen-bond donors (Lipinski definition) is 1. The predicted octanol–water partition coefficient (Wildman–Crippen LogP) is 3.83. The van der Waals surface area contributed by atoms with E-state index < -0.39 is 6.10 Å². The molecule has 0 aliphatic heterocycles. The van der Waals surface area contributed by atoms with Crippen molar-refractivity contribution >= 4 is 22.9 Å². The molecule has 1 aromatic heterocycles. The summed E-state index contributed by atoms with van der Waals surface area (Å²) in [6.07, 6.45) is -0.460. The van der Waals surface area contributed by atoms with E-state index in [1.165, 1.54) is 11.3 Å². The Kier molecular flexibility index (Phi) is 3.28. The van der Waals surface area contributed by atoms with Crippen molar-refractivity contribution in [2.75, 3.05) is 0 Å². The highest BCUT2D eigenvalue weighted by molar-refractivity contribution is 7.15. The molecule has 0 fully saturated rings. The third-order valence-electron chi connectivity index (χ3n) is 2.30. The van der Waals surface area contributed by atoms with Gasteiger partial charge in [-0.2, -0.15) is 0 Å². The Balaban J connectivity index is 2.41. The monoisotopic (exact) mass is 253 g/mol. The van der Waals surface area contributed by atoms with Gasteiger partial charge in [0.15, 0.2) is 0 Å². The van der Waals surface area contributed by atoms with E-state index in [0.717, 1.165) is 21.1 Å². The molecular weight excluding hydrogens is 242 g/mol. The van der Waals surface area contributed by atoms with Crippen molar-refractivity contribution in [1.29, 1.82) is 0 Å². The molecule has 1 unspecified atom stereocenters. The van der Waals surface area contributed by atoms with Gasteiger partial charge < -0.3 is 5.11 Å². The van der Waals surface area contributed by atoms with Gasteiger partial charge in [0.1, 0.15) is 5.01 Å². The van der Waals surface area contributed by atoms with Crippen molar-refractivity contribution in [3.05, 3.63) is 39.9 Å². The number of benzene rings is 1. The van der Waals surface area contributed by atoms with Gasteiger partial charge in [0.05, 0.1) is 16.7 Å². The summed E-state index contributed by atoms with van der Waals surface area (Å²) in [5, 5.41) is 11.2. The number of aromatic nitrogens is 1. The Morgan fingerprint density at radius 2 is 1.94 bits per heavy atom. The molecule has 2 rings (SSSR count). The summed E-state index contributed by atoms with van der Waals surface area (Å²) in [6.45, 7) is 3.67. The SMILES string of the molecule is Cc1nc(-c2ccc(Cl)cc2)sc1C(C)O. The van der Waals surface area contributed by atoms with E-state index in [1.807, 2.05) is 31.2 Å². The fourth-order valence-electron chi connectivity index (χ4n) is 1.51. The minimum Gasteiger partial charge on any atom is -0.388 e. The number of aryl methyl sites for hydroxylation is 1. The highest BCUT2D eigenvalue weighted by Gasteiger charge is 2.12. The fraction of sp³-hybridized carbons (Fsp3) is 0.250. The van der Waals surface area contributed by atoms with Crippen LogP contribution in [0.4, 0.5) is 0 Å². The molecule has 0 saturated heterocycles. The number of nitrogens with zero attached hydrogens (tertiary/aromatic N) is 1. The van der Waals surface area contributed by atoms with Crippen molar-refractivity contribution in [2.45, 2.75) is 20.0 Å². The lowest BCUT2D eigenvalue weighted by Crippen LogP contribution is -1.88. The van der Waals surface area contributed by atoms with Gasteiger partial charge in [-0.25, -0.2) is 4.98 Å². The predicted molar refractivity (Wildman–Crippen MR) is 67.9 cm³/mol. The first-order chi connectivity index (χ1) is 7.58. The summed E-state index contributed by atoms with van der Waals surface area (Å²) in [7, 11) is 0. The van der Waals surface area contributed by atoms with Crippen LogP contribution in [-0.4, -0.2) is 10.1 Å². The lowest BCUT2D eigenvalue weighted by atomic mass is 10.2. The molecule has 2 nitrogen and oxygen atoms in total. The number of aliphatic hydroxyl groups excluding tert-OH is 1. The third-order valence-corrected chi connectivity index (χ3v) is 3.93. The Bertz CT molecular complexity index is 490. The van der Waals surface area contributed by atoms with Gasteiger partial charge in [-0.05, 0) is 26.0 Å². The molecule has 1 heterocycles. The van der Waals surface area contributed by atoms with Gasteiger partial charge in [-0.1, -0.05) is 23.7 Å². The quantitative estimate of drug-likeness (QED) is 0.883. The first-order valence-corrected chi connectivity index (χ1v) is 6.18. The Labute approximate surface area is 104 Å². The van der Waals surface area contributed by atoms with Crippen molar-refractivity contribution in [1.82, 2.24) is 4.98 Å². The van der Waals surface area contributed by atoms with Crippen LogP contribution < -0.4 is 0 Å². The number of halogens is 1. The van der Waals surface area contributed by atoms with Gasteiger partial charge in [-0.3, -0.25) is 0 Å². The molecule has 16 heavy (non-hydrogen) atoms. The van der Waals surface area contributed by atoms with E-state index >= 15 is 0 Å². The lowest BCUT2D eigenvalue weighted by molar-refractivity contribution is 0.202. The highest BCUT2D eigenvalue weighted by Crippen LogP contribution is 2.31. The molecule has 0 radical (unpaired) electrons. The number of aliphatic hydroxyl groups is 1. The molecule has 0 aliphatic carbocycles. The minimum absolute atomic E-state index is 0.460. The minimum atomic E-state index is -0.460. The molecule has 0 saturated carbocycles. The summed E-state index contributed by atoms with van der Waals surface area (Å²) < 4.78 is 0. The molecule has 1 aromatic carbocycles. The van der Waals surface area contributed by atoms with Crippen LogP contribution in [0, 0.1) is 6.92 Å². The molecule has 1 atom stereocenters. The first-order valence-electron chi connectivity index (χ1n) is 4.99. The van der Waals surface area contributed by atoms with Crippen LogP contribution in [0.5, 0.6) is 0 Å². The molecule has 4 heteroatoms. The van der Waals surface area contributed by atoms with Crippen LogP contribution in [0.15, 0.2) is 24.3 Å². The van der Waals surface area contributed by atoms with E-state index in [1.54, 1.807) is 6.92 Å². The normalized spacial score (nSPS) is 12.8.